The third-order valence-corrected chi connectivity index (χ3v) is 6.43. The van der Waals surface area contributed by atoms with E-state index in [1.165, 1.54) is 11.1 Å². The van der Waals surface area contributed by atoms with E-state index in [-0.39, 0.29) is 16.9 Å². The molecule has 0 atom stereocenters. The smallest absolute Gasteiger partial charge is 0.222 e. The number of carbonyl (C=O) groups excluding carboxylic acids is 1. The molecule has 116 valence electrons. The van der Waals surface area contributed by atoms with Crippen molar-refractivity contribution >= 4 is 15.7 Å². The number of hydrogen-bond acceptors (Lipinski definition) is 3. The molecule has 5 heteroatoms. The van der Waals surface area contributed by atoms with Gasteiger partial charge in [-0.3, -0.25) is 4.79 Å². The first-order chi connectivity index (χ1) is 9.83. The maximum atomic E-state index is 12.0. The quantitative estimate of drug-likeness (QED) is 0.834. The summed E-state index contributed by atoms with van der Waals surface area (Å²) >= 11 is 0. The van der Waals surface area contributed by atoms with Gasteiger partial charge in [0.15, 0.2) is 9.84 Å². The molecule has 0 saturated carbocycles. The zero-order valence-electron chi connectivity index (χ0n) is 12.9. The average Bonchev–Trinajstić information content (AvgIpc) is 2.38. The maximum Gasteiger partial charge on any atom is 0.222 e. The van der Waals surface area contributed by atoms with Gasteiger partial charge in [-0.1, -0.05) is 25.1 Å². The van der Waals surface area contributed by atoms with E-state index in [0.717, 1.165) is 5.56 Å². The van der Waals surface area contributed by atoms with Crippen molar-refractivity contribution in [2.24, 2.45) is 0 Å². The highest BCUT2D eigenvalue weighted by Gasteiger charge is 2.38. The van der Waals surface area contributed by atoms with Gasteiger partial charge in [-0.2, -0.15) is 0 Å². The van der Waals surface area contributed by atoms with Crippen LogP contribution >= 0.6 is 0 Å². The largest absolute Gasteiger partial charge is 0.340 e. The molecule has 1 aromatic rings. The molecule has 0 spiro atoms. The highest BCUT2D eigenvalue weighted by atomic mass is 32.2. The van der Waals surface area contributed by atoms with E-state index in [1.54, 1.807) is 11.8 Å². The summed E-state index contributed by atoms with van der Waals surface area (Å²) in [6, 6.07) is 6.24. The van der Waals surface area contributed by atoms with Crippen LogP contribution in [-0.4, -0.2) is 43.3 Å². The van der Waals surface area contributed by atoms with E-state index in [2.05, 4.69) is 32.0 Å². The second-order valence-corrected chi connectivity index (χ2v) is 8.36. The van der Waals surface area contributed by atoms with Crippen LogP contribution in [-0.2, 0) is 21.1 Å². The van der Waals surface area contributed by atoms with E-state index in [0.29, 0.717) is 25.9 Å². The lowest BCUT2D eigenvalue weighted by Crippen LogP contribution is -2.57. The Labute approximate surface area is 127 Å². The summed E-state index contributed by atoms with van der Waals surface area (Å²) in [5.74, 6) is 0.207. The van der Waals surface area contributed by atoms with Crippen LogP contribution in [0.4, 0.5) is 0 Å². The van der Waals surface area contributed by atoms with Gasteiger partial charge >= 0.3 is 0 Å². The topological polar surface area (TPSA) is 54.5 Å². The predicted molar refractivity (Wildman–Crippen MR) is 84.1 cm³/mol. The Hall–Kier alpha value is -1.36. The fourth-order valence-corrected chi connectivity index (χ4v) is 3.76. The predicted octanol–water partition coefficient (Wildman–Crippen LogP) is 1.88. The van der Waals surface area contributed by atoms with E-state index < -0.39 is 9.84 Å². The minimum Gasteiger partial charge on any atom is -0.340 e. The Morgan fingerprint density at radius 3 is 2.48 bits per heavy atom. The number of sulfone groups is 1. The molecule has 1 aromatic carbocycles. The number of aryl methyl sites for hydroxylation is 3. The van der Waals surface area contributed by atoms with Gasteiger partial charge < -0.3 is 4.90 Å². The van der Waals surface area contributed by atoms with Crippen molar-refractivity contribution in [2.75, 3.05) is 18.8 Å². The molecule has 1 fully saturated rings. The van der Waals surface area contributed by atoms with Crippen LogP contribution in [0.5, 0.6) is 0 Å². The van der Waals surface area contributed by atoms with Crippen molar-refractivity contribution in [2.45, 2.75) is 38.9 Å². The van der Waals surface area contributed by atoms with Crippen LogP contribution in [0.3, 0.4) is 0 Å². The minimum atomic E-state index is -3.00. The van der Waals surface area contributed by atoms with Gasteiger partial charge in [0.2, 0.25) is 5.91 Å². The molecule has 0 N–H and O–H groups in total. The van der Waals surface area contributed by atoms with Crippen LogP contribution in [0.2, 0.25) is 0 Å². The lowest BCUT2D eigenvalue weighted by Gasteiger charge is -2.38. The van der Waals surface area contributed by atoms with E-state index in [9.17, 15) is 13.2 Å². The third-order valence-electron chi connectivity index (χ3n) is 4.31. The van der Waals surface area contributed by atoms with Crippen LogP contribution in [0, 0.1) is 13.8 Å². The number of benzene rings is 1. The van der Waals surface area contributed by atoms with Crippen molar-refractivity contribution in [3.8, 4) is 0 Å². The molecule has 1 aliphatic heterocycles. The molecule has 0 bridgehead atoms. The van der Waals surface area contributed by atoms with Gasteiger partial charge in [-0.15, -0.1) is 0 Å². The lowest BCUT2D eigenvalue weighted by atomic mass is 10.0. The SMILES string of the molecule is CCS(=O)(=O)C1CN(C(=O)CCc2ccc(C)c(C)c2)C1. The molecule has 1 heterocycles. The summed E-state index contributed by atoms with van der Waals surface area (Å²) in [4.78, 5) is 13.7. The molecule has 1 saturated heterocycles. The average molecular weight is 309 g/mol. The Bertz CT molecular complexity index is 631. The fraction of sp³-hybridized carbons (Fsp3) is 0.562. The third kappa shape index (κ3) is 3.64. The molecule has 1 amide bonds. The van der Waals surface area contributed by atoms with Crippen LogP contribution < -0.4 is 0 Å². The van der Waals surface area contributed by atoms with E-state index in [1.807, 2.05) is 0 Å². The summed E-state index contributed by atoms with van der Waals surface area (Å²) in [5.41, 5.74) is 3.64. The van der Waals surface area contributed by atoms with Gasteiger partial charge in [-0.05, 0) is 37.0 Å². The summed E-state index contributed by atoms with van der Waals surface area (Å²) in [5, 5.41) is -0.354. The second kappa shape index (κ2) is 6.18. The Morgan fingerprint density at radius 2 is 1.90 bits per heavy atom. The molecule has 0 unspecified atom stereocenters. The number of nitrogens with zero attached hydrogens (tertiary/aromatic N) is 1. The molecule has 2 rings (SSSR count). The van der Waals surface area contributed by atoms with Crippen molar-refractivity contribution < 1.29 is 13.2 Å². The second-order valence-electron chi connectivity index (χ2n) is 5.79. The molecule has 21 heavy (non-hydrogen) atoms. The number of amides is 1. The standard InChI is InChI=1S/C16H23NO3S/c1-4-21(19,20)15-10-17(11-15)16(18)8-7-14-6-5-12(2)13(3)9-14/h5-6,9,15H,4,7-8,10-11H2,1-3H3. The number of carbonyl (C=O) groups is 1. The highest BCUT2D eigenvalue weighted by Crippen LogP contribution is 2.19. The van der Waals surface area contributed by atoms with Gasteiger partial charge in [-0.25, -0.2) is 8.42 Å². The lowest BCUT2D eigenvalue weighted by molar-refractivity contribution is -0.134. The van der Waals surface area contributed by atoms with Crippen LogP contribution in [0.25, 0.3) is 0 Å². The number of hydrogen-bond donors (Lipinski definition) is 0. The molecular formula is C16H23NO3S. The summed E-state index contributed by atoms with van der Waals surface area (Å²) in [6.07, 6.45) is 1.16. The minimum absolute atomic E-state index is 0.0516. The molecule has 0 radical (unpaired) electrons. The monoisotopic (exact) mass is 309 g/mol. The van der Waals surface area contributed by atoms with Crippen LogP contribution in [0.1, 0.15) is 30.0 Å². The summed E-state index contributed by atoms with van der Waals surface area (Å²) < 4.78 is 23.3. The summed E-state index contributed by atoms with van der Waals surface area (Å²) in [6.45, 7) is 6.51. The van der Waals surface area contributed by atoms with Crippen molar-refractivity contribution in [3.05, 3.63) is 34.9 Å². The first-order valence-electron chi connectivity index (χ1n) is 7.39. The summed E-state index contributed by atoms with van der Waals surface area (Å²) in [7, 11) is -3.00. The zero-order valence-corrected chi connectivity index (χ0v) is 13.7. The van der Waals surface area contributed by atoms with E-state index >= 15 is 0 Å². The van der Waals surface area contributed by atoms with Gasteiger partial charge in [0.25, 0.3) is 0 Å². The van der Waals surface area contributed by atoms with Crippen LogP contribution in [0.15, 0.2) is 18.2 Å². The fourth-order valence-electron chi connectivity index (χ4n) is 2.47. The first kappa shape index (κ1) is 16.0. The Morgan fingerprint density at radius 1 is 1.24 bits per heavy atom. The number of rotatable bonds is 5. The first-order valence-corrected chi connectivity index (χ1v) is 9.10. The van der Waals surface area contributed by atoms with Crippen molar-refractivity contribution in [1.29, 1.82) is 0 Å². The van der Waals surface area contributed by atoms with Crippen molar-refractivity contribution in [3.63, 3.8) is 0 Å². The highest BCUT2D eigenvalue weighted by molar-refractivity contribution is 7.92. The Balaban J connectivity index is 1.83. The molecule has 1 aliphatic rings. The maximum absolute atomic E-state index is 12.0. The van der Waals surface area contributed by atoms with Gasteiger partial charge in [0.05, 0.1) is 5.25 Å². The van der Waals surface area contributed by atoms with Crippen molar-refractivity contribution in [1.82, 2.24) is 4.90 Å². The van der Waals surface area contributed by atoms with E-state index in [4.69, 9.17) is 0 Å². The molecular weight excluding hydrogens is 286 g/mol. The zero-order chi connectivity index (χ0) is 15.6. The number of likely N-dealkylation sites (tertiary alicyclic amines) is 1. The molecule has 0 aliphatic carbocycles. The Kier molecular flexibility index (Phi) is 4.71. The molecule has 4 nitrogen and oxygen atoms in total. The van der Waals surface area contributed by atoms with Gasteiger partial charge in [0.1, 0.15) is 0 Å². The molecule has 0 aromatic heterocycles. The van der Waals surface area contributed by atoms with Gasteiger partial charge in [0, 0.05) is 25.3 Å². The normalized spacial score (nSPS) is 15.9.